The van der Waals surface area contributed by atoms with Crippen LogP contribution in [-0.4, -0.2) is 17.9 Å². The summed E-state index contributed by atoms with van der Waals surface area (Å²) >= 11 is 0. The Morgan fingerprint density at radius 3 is 2.40 bits per heavy atom. The average molecular weight is 267 g/mol. The van der Waals surface area contributed by atoms with Gasteiger partial charge in [-0.05, 0) is 24.5 Å². The van der Waals surface area contributed by atoms with Crippen LogP contribution in [0.3, 0.4) is 0 Å². The van der Waals surface area contributed by atoms with Crippen LogP contribution in [0, 0.1) is 6.92 Å². The zero-order valence-corrected chi connectivity index (χ0v) is 12.2. The average Bonchev–Trinajstić information content (AvgIpc) is 2.46. The Balaban J connectivity index is 1.85. The summed E-state index contributed by atoms with van der Waals surface area (Å²) in [5, 5.41) is 0. The van der Waals surface area contributed by atoms with Crippen LogP contribution in [0.15, 0.2) is 54.6 Å². The molecular formula is C18H21NO. The molecule has 0 aromatic heterocycles. The highest BCUT2D eigenvalue weighted by Crippen LogP contribution is 2.09. The van der Waals surface area contributed by atoms with Gasteiger partial charge in [0.05, 0.1) is 0 Å². The van der Waals surface area contributed by atoms with Gasteiger partial charge in [-0.15, -0.1) is 0 Å². The molecule has 2 nitrogen and oxygen atoms in total. The van der Waals surface area contributed by atoms with Crippen LogP contribution in [0.4, 0.5) is 0 Å². The molecule has 104 valence electrons. The van der Waals surface area contributed by atoms with Gasteiger partial charge in [0.2, 0.25) is 5.91 Å². The van der Waals surface area contributed by atoms with Gasteiger partial charge < -0.3 is 4.90 Å². The lowest BCUT2D eigenvalue weighted by atomic mass is 10.1. The Kier molecular flexibility index (Phi) is 4.94. The first-order valence-corrected chi connectivity index (χ1v) is 6.98. The smallest absolute Gasteiger partial charge is 0.222 e. The van der Waals surface area contributed by atoms with Gasteiger partial charge in [0.1, 0.15) is 0 Å². The largest absolute Gasteiger partial charge is 0.341 e. The third-order valence-corrected chi connectivity index (χ3v) is 3.40. The number of hydrogen-bond acceptors (Lipinski definition) is 1. The second kappa shape index (κ2) is 6.90. The summed E-state index contributed by atoms with van der Waals surface area (Å²) in [4.78, 5) is 13.9. The van der Waals surface area contributed by atoms with Crippen LogP contribution in [0.25, 0.3) is 0 Å². The molecule has 0 fully saturated rings. The minimum Gasteiger partial charge on any atom is -0.341 e. The van der Waals surface area contributed by atoms with Crippen LogP contribution >= 0.6 is 0 Å². The fourth-order valence-corrected chi connectivity index (χ4v) is 2.26. The normalized spacial score (nSPS) is 10.3. The minimum atomic E-state index is 0.190. The Labute approximate surface area is 121 Å². The maximum absolute atomic E-state index is 12.1. The van der Waals surface area contributed by atoms with Crippen molar-refractivity contribution in [2.24, 2.45) is 0 Å². The van der Waals surface area contributed by atoms with E-state index in [2.05, 4.69) is 25.1 Å². The molecule has 0 aliphatic carbocycles. The van der Waals surface area contributed by atoms with Crippen molar-refractivity contribution in [3.63, 3.8) is 0 Å². The molecule has 1 amide bonds. The fraction of sp³-hybridized carbons (Fsp3) is 0.278. The first kappa shape index (κ1) is 14.3. The van der Waals surface area contributed by atoms with Crippen LogP contribution < -0.4 is 0 Å². The molecule has 0 bridgehead atoms. The zero-order valence-electron chi connectivity index (χ0n) is 12.2. The summed E-state index contributed by atoms with van der Waals surface area (Å²) in [6.07, 6.45) is 1.37. The Morgan fingerprint density at radius 1 is 1.00 bits per heavy atom. The number of aryl methyl sites for hydroxylation is 2. The highest BCUT2D eigenvalue weighted by Gasteiger charge is 2.09. The molecule has 0 saturated heterocycles. The maximum Gasteiger partial charge on any atom is 0.222 e. The number of carbonyl (C=O) groups is 1. The molecule has 0 saturated carbocycles. The highest BCUT2D eigenvalue weighted by molar-refractivity contribution is 5.76. The van der Waals surface area contributed by atoms with Gasteiger partial charge in [0.25, 0.3) is 0 Å². The number of amides is 1. The maximum atomic E-state index is 12.1. The van der Waals surface area contributed by atoms with Crippen molar-refractivity contribution in [1.82, 2.24) is 4.90 Å². The summed E-state index contributed by atoms with van der Waals surface area (Å²) in [5.74, 6) is 0.190. The van der Waals surface area contributed by atoms with E-state index in [4.69, 9.17) is 0 Å². The topological polar surface area (TPSA) is 20.3 Å². The molecule has 2 aromatic rings. The SMILES string of the molecule is Cc1cccc(CCC(=O)N(C)Cc2ccccc2)c1. The molecule has 2 rings (SSSR count). The Morgan fingerprint density at radius 2 is 1.70 bits per heavy atom. The van der Waals surface area contributed by atoms with E-state index in [9.17, 15) is 4.79 Å². The molecule has 2 aromatic carbocycles. The molecule has 0 atom stereocenters. The van der Waals surface area contributed by atoms with Crippen molar-refractivity contribution >= 4 is 5.91 Å². The molecular weight excluding hydrogens is 246 g/mol. The molecule has 0 heterocycles. The number of benzene rings is 2. The summed E-state index contributed by atoms with van der Waals surface area (Å²) in [7, 11) is 1.87. The third kappa shape index (κ3) is 4.23. The van der Waals surface area contributed by atoms with Gasteiger partial charge in [-0.25, -0.2) is 0 Å². The summed E-state index contributed by atoms with van der Waals surface area (Å²) in [6, 6.07) is 18.4. The van der Waals surface area contributed by atoms with Gasteiger partial charge in [0, 0.05) is 20.0 Å². The molecule has 2 heteroatoms. The number of rotatable bonds is 5. The highest BCUT2D eigenvalue weighted by atomic mass is 16.2. The van der Waals surface area contributed by atoms with Crippen LogP contribution in [0.1, 0.15) is 23.1 Å². The van der Waals surface area contributed by atoms with Gasteiger partial charge in [-0.3, -0.25) is 4.79 Å². The lowest BCUT2D eigenvalue weighted by Gasteiger charge is -2.17. The molecule has 0 unspecified atom stereocenters. The fourth-order valence-electron chi connectivity index (χ4n) is 2.26. The van der Waals surface area contributed by atoms with E-state index in [-0.39, 0.29) is 5.91 Å². The molecule has 0 N–H and O–H groups in total. The van der Waals surface area contributed by atoms with E-state index in [1.54, 1.807) is 4.90 Å². The summed E-state index contributed by atoms with van der Waals surface area (Å²) < 4.78 is 0. The summed E-state index contributed by atoms with van der Waals surface area (Å²) in [5.41, 5.74) is 3.64. The van der Waals surface area contributed by atoms with E-state index in [0.29, 0.717) is 13.0 Å². The standard InChI is InChI=1S/C18H21NO/c1-15-7-6-10-16(13-15)11-12-18(20)19(2)14-17-8-4-3-5-9-17/h3-10,13H,11-12,14H2,1-2H3. The van der Waals surface area contributed by atoms with Crippen molar-refractivity contribution in [1.29, 1.82) is 0 Å². The molecule has 0 aliphatic heterocycles. The van der Waals surface area contributed by atoms with E-state index in [1.807, 2.05) is 43.4 Å². The summed E-state index contributed by atoms with van der Waals surface area (Å²) in [6.45, 7) is 2.75. The van der Waals surface area contributed by atoms with E-state index in [1.165, 1.54) is 16.7 Å². The predicted octanol–water partition coefficient (Wildman–Crippen LogP) is 3.59. The van der Waals surface area contributed by atoms with Gasteiger partial charge >= 0.3 is 0 Å². The Bertz CT molecular complexity index is 563. The van der Waals surface area contributed by atoms with Crippen molar-refractivity contribution in [2.45, 2.75) is 26.3 Å². The minimum absolute atomic E-state index is 0.190. The molecule has 0 spiro atoms. The second-order valence-corrected chi connectivity index (χ2v) is 5.22. The van der Waals surface area contributed by atoms with Crippen LogP contribution in [-0.2, 0) is 17.8 Å². The van der Waals surface area contributed by atoms with E-state index < -0.39 is 0 Å². The Hall–Kier alpha value is -2.09. The lowest BCUT2D eigenvalue weighted by Crippen LogP contribution is -2.26. The zero-order chi connectivity index (χ0) is 14.4. The van der Waals surface area contributed by atoms with Crippen molar-refractivity contribution < 1.29 is 4.79 Å². The first-order valence-electron chi connectivity index (χ1n) is 6.98. The van der Waals surface area contributed by atoms with Crippen molar-refractivity contribution in [3.8, 4) is 0 Å². The van der Waals surface area contributed by atoms with Crippen molar-refractivity contribution in [3.05, 3.63) is 71.3 Å². The molecule has 20 heavy (non-hydrogen) atoms. The number of nitrogens with zero attached hydrogens (tertiary/aromatic N) is 1. The van der Waals surface area contributed by atoms with Crippen LogP contribution in [0.5, 0.6) is 0 Å². The van der Waals surface area contributed by atoms with E-state index in [0.717, 1.165) is 6.42 Å². The number of carbonyl (C=O) groups excluding carboxylic acids is 1. The predicted molar refractivity (Wildman–Crippen MR) is 82.4 cm³/mol. The number of hydrogen-bond donors (Lipinski definition) is 0. The van der Waals surface area contributed by atoms with Gasteiger partial charge in [-0.1, -0.05) is 60.2 Å². The monoisotopic (exact) mass is 267 g/mol. The van der Waals surface area contributed by atoms with Gasteiger partial charge in [0.15, 0.2) is 0 Å². The van der Waals surface area contributed by atoms with Crippen molar-refractivity contribution in [2.75, 3.05) is 7.05 Å². The quantitative estimate of drug-likeness (QED) is 0.810. The molecule has 0 aliphatic rings. The van der Waals surface area contributed by atoms with Gasteiger partial charge in [-0.2, -0.15) is 0 Å². The third-order valence-electron chi connectivity index (χ3n) is 3.40. The van der Waals surface area contributed by atoms with E-state index >= 15 is 0 Å². The first-order chi connectivity index (χ1) is 9.65. The second-order valence-electron chi connectivity index (χ2n) is 5.22. The van der Waals surface area contributed by atoms with Crippen LogP contribution in [0.2, 0.25) is 0 Å². The lowest BCUT2D eigenvalue weighted by molar-refractivity contribution is -0.130. The molecule has 0 radical (unpaired) electrons.